The predicted molar refractivity (Wildman–Crippen MR) is 151 cm³/mol. The smallest absolute Gasteiger partial charge is 0.199 e. The first-order valence-electron chi connectivity index (χ1n) is 12.5. The fraction of sp³-hybridized carbons (Fsp3) is 0.200. The Morgan fingerprint density at radius 2 is 1.81 bits per heavy atom. The maximum absolute atomic E-state index is 11.0. The number of halogens is 1. The Labute approximate surface area is 220 Å². The molecule has 0 atom stereocenters. The molecule has 5 aromatic rings. The van der Waals surface area contributed by atoms with Crippen LogP contribution in [0.2, 0.25) is 5.02 Å². The maximum atomic E-state index is 11.0. The Morgan fingerprint density at radius 1 is 1.00 bits per heavy atom. The summed E-state index contributed by atoms with van der Waals surface area (Å²) < 4.78 is 0. The summed E-state index contributed by atoms with van der Waals surface area (Å²) in [5.74, 6) is 0.0639. The van der Waals surface area contributed by atoms with E-state index >= 15 is 0 Å². The molecule has 0 aliphatic carbocycles. The number of likely N-dealkylation sites (N-methyl/N-ethyl adjacent to an activating group) is 1. The standard InChI is InChI=1S/C30H28ClN5O/c1-35-13-15-36(16-14-35)19-20-4-8-24(9-5-20)33-29(22-6-11-26-21(17-22)3-2-12-32-26)28-25-10-7-23(31)18-27(25)34-30(28)37/h2-12,17-18,34,37H,13-16,19H2,1H3. The number of aromatic amines is 1. The maximum Gasteiger partial charge on any atom is 0.199 e. The molecular weight excluding hydrogens is 482 g/mol. The molecule has 1 saturated heterocycles. The summed E-state index contributed by atoms with van der Waals surface area (Å²) in [6, 6.07) is 24.0. The predicted octanol–water partition coefficient (Wildman–Crippen LogP) is 5.99. The molecule has 0 saturated carbocycles. The molecule has 3 heterocycles. The van der Waals surface area contributed by atoms with Gasteiger partial charge in [0.1, 0.15) is 0 Å². The molecule has 1 aliphatic rings. The van der Waals surface area contributed by atoms with Gasteiger partial charge < -0.3 is 15.0 Å². The third kappa shape index (κ3) is 4.96. The highest BCUT2D eigenvalue weighted by Gasteiger charge is 2.20. The molecule has 2 N–H and O–H groups in total. The van der Waals surface area contributed by atoms with Gasteiger partial charge in [-0.05, 0) is 55.1 Å². The van der Waals surface area contributed by atoms with Crippen molar-refractivity contribution in [3.8, 4) is 5.88 Å². The number of pyridine rings is 1. The van der Waals surface area contributed by atoms with Crippen LogP contribution in [0.3, 0.4) is 0 Å². The molecule has 0 amide bonds. The lowest BCUT2D eigenvalue weighted by Crippen LogP contribution is -2.43. The number of aromatic hydroxyl groups is 1. The van der Waals surface area contributed by atoms with Gasteiger partial charge in [-0.1, -0.05) is 41.9 Å². The van der Waals surface area contributed by atoms with E-state index in [1.54, 1.807) is 6.20 Å². The van der Waals surface area contributed by atoms with Crippen LogP contribution in [0.1, 0.15) is 16.7 Å². The van der Waals surface area contributed by atoms with Crippen molar-refractivity contribution >= 4 is 44.8 Å². The molecule has 6 rings (SSSR count). The van der Waals surface area contributed by atoms with E-state index in [2.05, 4.69) is 57.1 Å². The second-order valence-electron chi connectivity index (χ2n) is 9.66. The average Bonchev–Trinajstić information content (AvgIpc) is 3.23. The number of aliphatic imine (C=N–C) groups is 1. The van der Waals surface area contributed by atoms with E-state index in [1.807, 2.05) is 42.5 Å². The van der Waals surface area contributed by atoms with E-state index in [1.165, 1.54) is 5.56 Å². The van der Waals surface area contributed by atoms with E-state index in [-0.39, 0.29) is 5.88 Å². The molecule has 6 nitrogen and oxygen atoms in total. The second-order valence-corrected chi connectivity index (χ2v) is 10.1. The second kappa shape index (κ2) is 9.98. The molecule has 0 spiro atoms. The minimum Gasteiger partial charge on any atom is -0.494 e. The molecule has 1 fully saturated rings. The van der Waals surface area contributed by atoms with Crippen LogP contribution in [-0.4, -0.2) is 63.8 Å². The normalized spacial score (nSPS) is 15.6. The van der Waals surface area contributed by atoms with E-state index in [9.17, 15) is 5.11 Å². The highest BCUT2D eigenvalue weighted by Crippen LogP contribution is 2.33. The van der Waals surface area contributed by atoms with Gasteiger partial charge in [0.05, 0.1) is 28.0 Å². The van der Waals surface area contributed by atoms with Gasteiger partial charge in [0.15, 0.2) is 5.88 Å². The lowest BCUT2D eigenvalue weighted by atomic mass is 9.99. The monoisotopic (exact) mass is 509 g/mol. The topological polar surface area (TPSA) is 67.8 Å². The first-order chi connectivity index (χ1) is 18.0. The van der Waals surface area contributed by atoms with Crippen LogP contribution in [0.25, 0.3) is 21.8 Å². The highest BCUT2D eigenvalue weighted by atomic mass is 35.5. The van der Waals surface area contributed by atoms with Crippen molar-refractivity contribution in [3.05, 3.63) is 101 Å². The van der Waals surface area contributed by atoms with Gasteiger partial charge >= 0.3 is 0 Å². The fourth-order valence-corrected chi connectivity index (χ4v) is 5.12. The lowest BCUT2D eigenvalue weighted by Gasteiger charge is -2.32. The number of fused-ring (bicyclic) bond motifs is 2. The van der Waals surface area contributed by atoms with Crippen LogP contribution in [0, 0.1) is 0 Å². The molecule has 7 heteroatoms. The number of benzene rings is 3. The van der Waals surface area contributed by atoms with E-state index in [0.717, 1.165) is 65.8 Å². The Bertz CT molecular complexity index is 1600. The molecule has 0 unspecified atom stereocenters. The number of nitrogens with one attached hydrogen (secondary N) is 1. The van der Waals surface area contributed by atoms with Gasteiger partial charge in [-0.15, -0.1) is 0 Å². The van der Waals surface area contributed by atoms with Gasteiger partial charge in [-0.2, -0.15) is 0 Å². The number of H-pyrrole nitrogens is 1. The number of rotatable bonds is 5. The number of nitrogens with zero attached hydrogens (tertiary/aromatic N) is 4. The molecule has 2 aromatic heterocycles. The van der Waals surface area contributed by atoms with Crippen LogP contribution in [0.5, 0.6) is 5.88 Å². The number of hydrogen-bond donors (Lipinski definition) is 2. The zero-order valence-electron chi connectivity index (χ0n) is 20.7. The largest absolute Gasteiger partial charge is 0.494 e. The Kier molecular flexibility index (Phi) is 6.38. The first-order valence-corrected chi connectivity index (χ1v) is 12.9. The van der Waals surface area contributed by atoms with Crippen LogP contribution >= 0.6 is 11.6 Å². The van der Waals surface area contributed by atoms with E-state index in [0.29, 0.717) is 16.3 Å². The van der Waals surface area contributed by atoms with Crippen molar-refractivity contribution < 1.29 is 5.11 Å². The van der Waals surface area contributed by atoms with Crippen LogP contribution in [-0.2, 0) is 6.54 Å². The van der Waals surface area contributed by atoms with Gasteiger partial charge in [0, 0.05) is 60.3 Å². The van der Waals surface area contributed by atoms with Crippen molar-refractivity contribution in [3.63, 3.8) is 0 Å². The molecule has 3 aromatic carbocycles. The Hall–Kier alpha value is -3.71. The molecule has 37 heavy (non-hydrogen) atoms. The quantitative estimate of drug-likeness (QED) is 0.285. The Balaban J connectivity index is 1.41. The van der Waals surface area contributed by atoms with Crippen molar-refractivity contribution in [2.45, 2.75) is 6.54 Å². The van der Waals surface area contributed by atoms with Crippen LogP contribution < -0.4 is 0 Å². The van der Waals surface area contributed by atoms with Crippen molar-refractivity contribution in [2.75, 3.05) is 33.2 Å². The number of piperazine rings is 1. The number of aromatic nitrogens is 2. The molecular formula is C30H28ClN5O. The summed E-state index contributed by atoms with van der Waals surface area (Å²) in [5, 5.41) is 13.5. The van der Waals surface area contributed by atoms with E-state index < -0.39 is 0 Å². The molecule has 1 aliphatic heterocycles. The first kappa shape index (κ1) is 23.7. The third-order valence-electron chi connectivity index (χ3n) is 7.03. The number of hydrogen-bond acceptors (Lipinski definition) is 5. The Morgan fingerprint density at radius 3 is 2.62 bits per heavy atom. The minimum absolute atomic E-state index is 0.0639. The third-order valence-corrected chi connectivity index (χ3v) is 7.27. The van der Waals surface area contributed by atoms with Crippen LogP contribution in [0.15, 0.2) is 84.0 Å². The summed E-state index contributed by atoms with van der Waals surface area (Å²) in [7, 11) is 2.17. The lowest BCUT2D eigenvalue weighted by molar-refractivity contribution is 0.148. The van der Waals surface area contributed by atoms with Crippen LogP contribution in [0.4, 0.5) is 5.69 Å². The van der Waals surface area contributed by atoms with Crippen molar-refractivity contribution in [1.82, 2.24) is 19.8 Å². The average molecular weight is 510 g/mol. The summed E-state index contributed by atoms with van der Waals surface area (Å²) in [5.41, 5.74) is 6.00. The SMILES string of the molecule is CN1CCN(Cc2ccc(N=C(c3ccc4ncccc4c3)c3c(O)[nH]c4cc(Cl)ccc34)cc2)CC1. The highest BCUT2D eigenvalue weighted by molar-refractivity contribution is 6.31. The van der Waals surface area contributed by atoms with Gasteiger partial charge in [0.2, 0.25) is 0 Å². The summed E-state index contributed by atoms with van der Waals surface area (Å²) >= 11 is 6.22. The molecule has 0 radical (unpaired) electrons. The summed E-state index contributed by atoms with van der Waals surface area (Å²) in [4.78, 5) is 17.4. The minimum atomic E-state index is 0.0639. The zero-order valence-corrected chi connectivity index (χ0v) is 21.4. The fourth-order valence-electron chi connectivity index (χ4n) is 4.95. The zero-order chi connectivity index (χ0) is 25.4. The molecule has 186 valence electrons. The van der Waals surface area contributed by atoms with Gasteiger partial charge in [-0.3, -0.25) is 9.88 Å². The summed E-state index contributed by atoms with van der Waals surface area (Å²) in [6.45, 7) is 5.31. The van der Waals surface area contributed by atoms with Crippen molar-refractivity contribution in [1.29, 1.82) is 0 Å². The van der Waals surface area contributed by atoms with E-state index in [4.69, 9.17) is 16.6 Å². The van der Waals surface area contributed by atoms with Gasteiger partial charge in [0.25, 0.3) is 0 Å². The van der Waals surface area contributed by atoms with Gasteiger partial charge in [-0.25, -0.2) is 4.99 Å². The van der Waals surface area contributed by atoms with Crippen molar-refractivity contribution in [2.24, 2.45) is 4.99 Å². The molecule has 0 bridgehead atoms. The summed E-state index contributed by atoms with van der Waals surface area (Å²) in [6.07, 6.45) is 1.79.